The first kappa shape index (κ1) is 9.26. The number of allylic oxidation sites excluding steroid dienone is 1. The van der Waals surface area contributed by atoms with Gasteiger partial charge in [0.05, 0.1) is 8.07 Å². The summed E-state index contributed by atoms with van der Waals surface area (Å²) >= 11 is 0. The predicted octanol–water partition coefficient (Wildman–Crippen LogP) is 2.25. The molecular formula is C9H14O2Si. The summed E-state index contributed by atoms with van der Waals surface area (Å²) in [6, 6.07) is 0. The monoisotopic (exact) mass is 182 g/mol. The van der Waals surface area contributed by atoms with Gasteiger partial charge >= 0.3 is 5.97 Å². The topological polar surface area (TPSA) is 26.3 Å². The Morgan fingerprint density at radius 2 is 2.00 bits per heavy atom. The molecule has 0 saturated heterocycles. The van der Waals surface area contributed by atoms with E-state index in [9.17, 15) is 4.79 Å². The summed E-state index contributed by atoms with van der Waals surface area (Å²) in [5.41, 5.74) is 3.05. The van der Waals surface area contributed by atoms with Crippen LogP contribution in [0.15, 0.2) is 23.1 Å². The van der Waals surface area contributed by atoms with Gasteiger partial charge < -0.3 is 4.74 Å². The van der Waals surface area contributed by atoms with E-state index in [4.69, 9.17) is 4.74 Å². The van der Waals surface area contributed by atoms with Crippen LogP contribution in [-0.4, -0.2) is 14.0 Å². The first-order valence-electron chi connectivity index (χ1n) is 4.02. The van der Waals surface area contributed by atoms with Gasteiger partial charge in [-0.2, -0.15) is 0 Å². The van der Waals surface area contributed by atoms with Crippen molar-refractivity contribution in [2.45, 2.75) is 26.6 Å². The van der Waals surface area contributed by atoms with Crippen molar-refractivity contribution in [1.82, 2.24) is 0 Å². The molecule has 0 aliphatic carbocycles. The Bertz CT molecular complexity index is 269. The first-order chi connectivity index (χ1) is 5.38. The molecule has 1 aliphatic rings. The fourth-order valence-electron chi connectivity index (χ4n) is 1.00. The molecule has 12 heavy (non-hydrogen) atoms. The lowest BCUT2D eigenvalue weighted by molar-refractivity contribution is -0.132. The number of rotatable bonds is 1. The third-order valence-electron chi connectivity index (χ3n) is 1.50. The second kappa shape index (κ2) is 2.90. The summed E-state index contributed by atoms with van der Waals surface area (Å²) in [5, 5.41) is 0. The van der Waals surface area contributed by atoms with Gasteiger partial charge in [-0.3, -0.25) is 0 Å². The molecule has 0 N–H and O–H groups in total. The molecule has 0 aromatic rings. The Labute approximate surface area is 73.9 Å². The van der Waals surface area contributed by atoms with Crippen molar-refractivity contribution in [3.8, 4) is 0 Å². The Kier molecular flexibility index (Phi) is 2.24. The van der Waals surface area contributed by atoms with Crippen molar-refractivity contribution < 1.29 is 9.53 Å². The summed E-state index contributed by atoms with van der Waals surface area (Å²) in [4.78, 5) is 10.8. The van der Waals surface area contributed by atoms with Gasteiger partial charge in [0.2, 0.25) is 0 Å². The standard InChI is InChI=1S/C9H14O2Si/c1-7-5-9(10)11-8(7)6-12(2,3)4/h5-6H,1-4H3. The maximum atomic E-state index is 10.8. The predicted molar refractivity (Wildman–Crippen MR) is 51.3 cm³/mol. The van der Waals surface area contributed by atoms with Crippen molar-refractivity contribution in [2.24, 2.45) is 0 Å². The second-order valence-corrected chi connectivity index (χ2v) is 9.14. The van der Waals surface area contributed by atoms with Crippen LogP contribution in [0.4, 0.5) is 0 Å². The van der Waals surface area contributed by atoms with Gasteiger partial charge in [0, 0.05) is 6.08 Å². The molecule has 0 radical (unpaired) electrons. The first-order valence-corrected chi connectivity index (χ1v) is 7.59. The van der Waals surface area contributed by atoms with E-state index >= 15 is 0 Å². The number of hydrogen-bond donors (Lipinski definition) is 0. The van der Waals surface area contributed by atoms with Gasteiger partial charge in [-0.15, -0.1) is 0 Å². The molecule has 0 aromatic heterocycles. The highest BCUT2D eigenvalue weighted by molar-refractivity contribution is 6.81. The smallest absolute Gasteiger partial charge is 0.336 e. The van der Waals surface area contributed by atoms with E-state index in [0.29, 0.717) is 0 Å². The van der Waals surface area contributed by atoms with Crippen LogP contribution in [0, 0.1) is 0 Å². The van der Waals surface area contributed by atoms with E-state index in [1.807, 2.05) is 6.92 Å². The third-order valence-corrected chi connectivity index (χ3v) is 2.63. The Balaban J connectivity index is 2.87. The largest absolute Gasteiger partial charge is 0.424 e. The second-order valence-electron chi connectivity index (χ2n) is 4.12. The maximum Gasteiger partial charge on any atom is 0.336 e. The van der Waals surface area contributed by atoms with E-state index in [2.05, 4.69) is 25.3 Å². The number of hydrogen-bond acceptors (Lipinski definition) is 2. The molecule has 0 saturated carbocycles. The van der Waals surface area contributed by atoms with Gasteiger partial charge in [-0.25, -0.2) is 4.79 Å². The number of cyclic esters (lactones) is 1. The van der Waals surface area contributed by atoms with E-state index in [-0.39, 0.29) is 5.97 Å². The van der Waals surface area contributed by atoms with E-state index < -0.39 is 8.07 Å². The minimum Gasteiger partial charge on any atom is -0.424 e. The zero-order valence-electron chi connectivity index (χ0n) is 7.97. The van der Waals surface area contributed by atoms with Crippen molar-refractivity contribution in [3.63, 3.8) is 0 Å². The molecule has 0 aromatic carbocycles. The fraction of sp³-hybridized carbons (Fsp3) is 0.444. The fourth-order valence-corrected chi connectivity index (χ4v) is 2.08. The van der Waals surface area contributed by atoms with Crippen molar-refractivity contribution >= 4 is 14.0 Å². The summed E-state index contributed by atoms with van der Waals surface area (Å²) < 4.78 is 5.01. The highest BCUT2D eigenvalue weighted by atomic mass is 28.3. The van der Waals surface area contributed by atoms with Crippen LogP contribution in [0.2, 0.25) is 19.6 Å². The minimum atomic E-state index is -1.27. The van der Waals surface area contributed by atoms with Crippen LogP contribution in [0.25, 0.3) is 0 Å². The van der Waals surface area contributed by atoms with Crippen LogP contribution in [0.5, 0.6) is 0 Å². The molecule has 66 valence electrons. The quantitative estimate of drug-likeness (QED) is 0.459. The minimum absolute atomic E-state index is 0.239. The molecular weight excluding hydrogens is 168 g/mol. The maximum absolute atomic E-state index is 10.8. The van der Waals surface area contributed by atoms with Crippen molar-refractivity contribution in [1.29, 1.82) is 0 Å². The van der Waals surface area contributed by atoms with Crippen LogP contribution in [0.3, 0.4) is 0 Å². The van der Waals surface area contributed by atoms with Crippen LogP contribution < -0.4 is 0 Å². The molecule has 0 unspecified atom stereocenters. The molecule has 0 atom stereocenters. The molecule has 1 heterocycles. The molecule has 0 fully saturated rings. The molecule has 0 amide bonds. The summed E-state index contributed by atoms with van der Waals surface area (Å²) in [7, 11) is -1.27. The van der Waals surface area contributed by atoms with Crippen LogP contribution in [-0.2, 0) is 9.53 Å². The van der Waals surface area contributed by atoms with Crippen LogP contribution >= 0.6 is 0 Å². The number of ether oxygens (including phenoxy) is 1. The number of carbonyl (C=O) groups excluding carboxylic acids is 1. The zero-order chi connectivity index (χ0) is 9.35. The van der Waals surface area contributed by atoms with Gasteiger partial charge in [0.1, 0.15) is 5.76 Å². The summed E-state index contributed by atoms with van der Waals surface area (Å²) in [6.07, 6.45) is 1.53. The lowest BCUT2D eigenvalue weighted by Gasteiger charge is -2.10. The highest BCUT2D eigenvalue weighted by Gasteiger charge is 2.19. The Morgan fingerprint density at radius 3 is 2.33 bits per heavy atom. The number of carbonyl (C=O) groups is 1. The average Bonchev–Trinajstić information content (AvgIpc) is 2.06. The SMILES string of the molecule is CC1=CC(=O)OC1=C[Si](C)(C)C. The van der Waals surface area contributed by atoms with Crippen LogP contribution in [0.1, 0.15) is 6.92 Å². The Morgan fingerprint density at radius 1 is 1.42 bits per heavy atom. The van der Waals surface area contributed by atoms with E-state index in [1.54, 1.807) is 0 Å². The highest BCUT2D eigenvalue weighted by Crippen LogP contribution is 2.21. The van der Waals surface area contributed by atoms with Gasteiger partial charge in [-0.1, -0.05) is 25.3 Å². The van der Waals surface area contributed by atoms with Crippen molar-refractivity contribution in [2.75, 3.05) is 0 Å². The average molecular weight is 182 g/mol. The molecule has 1 rings (SSSR count). The molecule has 0 bridgehead atoms. The third kappa shape index (κ3) is 2.34. The molecule has 2 nitrogen and oxygen atoms in total. The molecule has 0 spiro atoms. The van der Waals surface area contributed by atoms with Crippen molar-refractivity contribution in [3.05, 3.63) is 23.1 Å². The molecule has 3 heteroatoms. The van der Waals surface area contributed by atoms with E-state index in [1.165, 1.54) is 6.08 Å². The normalized spacial score (nSPS) is 21.2. The Hall–Kier alpha value is -0.833. The lowest BCUT2D eigenvalue weighted by Crippen LogP contribution is -2.17. The lowest BCUT2D eigenvalue weighted by atomic mass is 10.3. The van der Waals surface area contributed by atoms with Gasteiger partial charge in [-0.05, 0) is 12.5 Å². The van der Waals surface area contributed by atoms with Gasteiger partial charge in [0.25, 0.3) is 0 Å². The summed E-state index contributed by atoms with van der Waals surface area (Å²) in [5.74, 6) is 0.524. The molecule has 1 aliphatic heterocycles. The zero-order valence-corrected chi connectivity index (χ0v) is 8.97. The van der Waals surface area contributed by atoms with Gasteiger partial charge in [0.15, 0.2) is 0 Å². The van der Waals surface area contributed by atoms with E-state index in [0.717, 1.165) is 11.3 Å². The number of esters is 1. The summed E-state index contributed by atoms with van der Waals surface area (Å²) in [6.45, 7) is 8.52.